The van der Waals surface area contributed by atoms with E-state index >= 15 is 0 Å². The molecular weight excluding hydrogens is 486 g/mol. The number of benzene rings is 2. The average Bonchev–Trinajstić information content (AvgIpc) is 3.24. The van der Waals surface area contributed by atoms with Gasteiger partial charge in [-0.2, -0.15) is 0 Å². The number of carbonyl (C=O) groups excluding carboxylic acids is 2. The van der Waals surface area contributed by atoms with E-state index in [0.717, 1.165) is 5.69 Å². The molecule has 4 rings (SSSR count). The monoisotopic (exact) mass is 511 g/mol. The highest BCUT2D eigenvalue weighted by Crippen LogP contribution is 2.35. The van der Waals surface area contributed by atoms with Crippen LogP contribution in [0.2, 0.25) is 0 Å². The number of para-hydroxylation sites is 1. The van der Waals surface area contributed by atoms with E-state index in [-0.39, 0.29) is 34.6 Å². The molecule has 1 atom stereocenters. The summed E-state index contributed by atoms with van der Waals surface area (Å²) in [7, 11) is 1.58. The lowest BCUT2D eigenvalue weighted by Gasteiger charge is -2.14. The molecule has 0 fully saturated rings. The zero-order chi connectivity index (χ0) is 24.9. The van der Waals surface area contributed by atoms with Crippen molar-refractivity contribution < 1.29 is 19.1 Å². The molecule has 35 heavy (non-hydrogen) atoms. The second kappa shape index (κ2) is 11.0. The van der Waals surface area contributed by atoms with Gasteiger partial charge >= 0.3 is 5.97 Å². The Kier molecular flexibility index (Phi) is 7.82. The summed E-state index contributed by atoms with van der Waals surface area (Å²) < 4.78 is 11.8. The number of nitrogens with one attached hydrogen (secondary N) is 1. The molecule has 2 heterocycles. The molecule has 8 nitrogen and oxygen atoms in total. The largest absolute Gasteiger partial charge is 0.497 e. The van der Waals surface area contributed by atoms with Gasteiger partial charge in [0.2, 0.25) is 5.91 Å². The third-order valence-electron chi connectivity index (χ3n) is 5.24. The van der Waals surface area contributed by atoms with Crippen LogP contribution in [-0.2, 0) is 16.0 Å². The van der Waals surface area contributed by atoms with Crippen LogP contribution in [0.25, 0.3) is 5.69 Å². The average molecular weight is 512 g/mol. The first kappa shape index (κ1) is 24.9. The van der Waals surface area contributed by atoms with Crippen LogP contribution in [0.3, 0.4) is 0 Å². The Morgan fingerprint density at radius 3 is 2.66 bits per heavy atom. The van der Waals surface area contributed by atoms with Crippen molar-refractivity contribution in [3.63, 3.8) is 0 Å². The molecule has 1 N–H and O–H groups in total. The summed E-state index contributed by atoms with van der Waals surface area (Å²) in [6.07, 6.45) is 0.700. The first-order chi connectivity index (χ1) is 16.9. The van der Waals surface area contributed by atoms with Crippen molar-refractivity contribution in [2.75, 3.05) is 24.8 Å². The number of ether oxygens (including phenoxy) is 2. The molecule has 10 heteroatoms. The van der Waals surface area contributed by atoms with Crippen LogP contribution in [0.4, 0.5) is 5.69 Å². The van der Waals surface area contributed by atoms with Gasteiger partial charge in [0.15, 0.2) is 5.16 Å². The van der Waals surface area contributed by atoms with E-state index < -0.39 is 5.97 Å². The number of aromatic nitrogens is 2. The molecule has 3 aromatic rings. The molecule has 1 amide bonds. The van der Waals surface area contributed by atoms with Crippen LogP contribution in [-0.4, -0.2) is 46.1 Å². The minimum Gasteiger partial charge on any atom is -0.497 e. The number of nitrogens with zero attached hydrogens (tertiary/aromatic N) is 2. The molecule has 0 saturated heterocycles. The molecule has 182 valence electrons. The summed E-state index contributed by atoms with van der Waals surface area (Å²) in [6.45, 7) is 4.02. The molecule has 0 aliphatic carbocycles. The minimum absolute atomic E-state index is 0.00123. The third-order valence-corrected chi connectivity index (χ3v) is 7.39. The number of methoxy groups -OCH3 is 1. The van der Waals surface area contributed by atoms with Crippen LogP contribution in [0.1, 0.15) is 29.9 Å². The Balaban J connectivity index is 1.59. The van der Waals surface area contributed by atoms with E-state index in [1.807, 2.05) is 0 Å². The number of thioether (sulfide) groups is 2. The van der Waals surface area contributed by atoms with E-state index in [0.29, 0.717) is 33.6 Å². The van der Waals surface area contributed by atoms with Gasteiger partial charge in [-0.15, -0.1) is 11.8 Å². The van der Waals surface area contributed by atoms with E-state index in [2.05, 4.69) is 12.2 Å². The number of anilines is 1. The number of carbonyl (C=O) groups is 2. The zero-order valence-corrected chi connectivity index (χ0v) is 21.2. The lowest BCUT2D eigenvalue weighted by Crippen LogP contribution is -2.25. The van der Waals surface area contributed by atoms with Crippen LogP contribution in [0.15, 0.2) is 63.4 Å². The fourth-order valence-corrected chi connectivity index (χ4v) is 5.58. The number of esters is 1. The van der Waals surface area contributed by atoms with Gasteiger partial charge in [0, 0.05) is 11.7 Å². The molecule has 1 aromatic heterocycles. The van der Waals surface area contributed by atoms with Gasteiger partial charge in [0.25, 0.3) is 5.56 Å². The quantitative estimate of drug-likeness (QED) is 0.273. The molecule has 1 unspecified atom stereocenters. The number of fused-ring (bicyclic) bond motifs is 1. The molecule has 1 aliphatic heterocycles. The molecule has 0 spiro atoms. The van der Waals surface area contributed by atoms with Crippen molar-refractivity contribution in [2.24, 2.45) is 0 Å². The van der Waals surface area contributed by atoms with Crippen LogP contribution in [0, 0.1) is 0 Å². The van der Waals surface area contributed by atoms with Gasteiger partial charge in [-0.05, 0) is 43.3 Å². The standard InChI is InChI=1S/C25H25N3O5S2/c1-4-33-24(31)18-7-5-6-8-19(18)26-21(29)14-34-25-27-20-13-15(2)35-22(20)23(30)28(25)16-9-11-17(32-3)12-10-16/h5-12,15H,4,13-14H2,1-3H3,(H,26,29). The number of hydrogen-bond acceptors (Lipinski definition) is 8. The highest BCUT2D eigenvalue weighted by molar-refractivity contribution is 8.00. The minimum atomic E-state index is -0.503. The number of hydrogen-bond donors (Lipinski definition) is 1. The second-order valence-corrected chi connectivity index (χ2v) is 10.1. The van der Waals surface area contributed by atoms with Gasteiger partial charge in [-0.1, -0.05) is 30.8 Å². The Morgan fingerprint density at radius 1 is 1.20 bits per heavy atom. The van der Waals surface area contributed by atoms with Gasteiger partial charge in [0.05, 0.1) is 47.0 Å². The maximum atomic E-state index is 13.4. The van der Waals surface area contributed by atoms with E-state index in [4.69, 9.17) is 14.5 Å². The van der Waals surface area contributed by atoms with Crippen LogP contribution in [0.5, 0.6) is 5.75 Å². The van der Waals surface area contributed by atoms with Crippen molar-refractivity contribution in [2.45, 2.75) is 35.6 Å². The topological polar surface area (TPSA) is 99.5 Å². The van der Waals surface area contributed by atoms with Crippen molar-refractivity contribution in [1.82, 2.24) is 9.55 Å². The Bertz CT molecular complexity index is 1310. The van der Waals surface area contributed by atoms with Gasteiger partial charge in [-0.25, -0.2) is 9.78 Å². The first-order valence-corrected chi connectivity index (χ1v) is 12.9. The maximum Gasteiger partial charge on any atom is 0.340 e. The van der Waals surface area contributed by atoms with Crippen LogP contribution < -0.4 is 15.6 Å². The Labute approximate surface area is 211 Å². The maximum absolute atomic E-state index is 13.4. The first-order valence-electron chi connectivity index (χ1n) is 11.1. The predicted octanol–water partition coefficient (Wildman–Crippen LogP) is 4.19. The summed E-state index contributed by atoms with van der Waals surface area (Å²) in [4.78, 5) is 43.8. The second-order valence-electron chi connectivity index (χ2n) is 7.74. The molecule has 0 radical (unpaired) electrons. The Hall–Kier alpha value is -3.24. The highest BCUT2D eigenvalue weighted by Gasteiger charge is 2.27. The number of rotatable bonds is 8. The lowest BCUT2D eigenvalue weighted by molar-refractivity contribution is -0.113. The SMILES string of the molecule is CCOC(=O)c1ccccc1NC(=O)CSc1nc2c(c(=O)n1-c1ccc(OC)cc1)SC(C)C2. The summed E-state index contributed by atoms with van der Waals surface area (Å²) >= 11 is 2.69. The van der Waals surface area contributed by atoms with Crippen LogP contribution >= 0.6 is 23.5 Å². The van der Waals surface area contributed by atoms with E-state index in [9.17, 15) is 14.4 Å². The van der Waals surface area contributed by atoms with Crippen molar-refractivity contribution in [3.05, 3.63) is 70.1 Å². The summed E-state index contributed by atoms with van der Waals surface area (Å²) in [5.74, 6) is -0.157. The van der Waals surface area contributed by atoms with Gasteiger partial charge in [-0.3, -0.25) is 14.2 Å². The van der Waals surface area contributed by atoms with Crippen molar-refractivity contribution in [1.29, 1.82) is 0 Å². The highest BCUT2D eigenvalue weighted by atomic mass is 32.2. The fraction of sp³-hybridized carbons (Fsp3) is 0.280. The van der Waals surface area contributed by atoms with Crippen molar-refractivity contribution >= 4 is 41.1 Å². The molecular formula is C25H25N3O5S2. The van der Waals surface area contributed by atoms with Crippen molar-refractivity contribution in [3.8, 4) is 11.4 Å². The van der Waals surface area contributed by atoms with Gasteiger partial charge in [0.1, 0.15) is 5.75 Å². The predicted molar refractivity (Wildman–Crippen MR) is 137 cm³/mol. The fourth-order valence-electron chi connectivity index (χ4n) is 3.65. The molecule has 1 aliphatic rings. The lowest BCUT2D eigenvalue weighted by atomic mass is 10.2. The van der Waals surface area contributed by atoms with E-state index in [1.165, 1.54) is 28.1 Å². The third kappa shape index (κ3) is 5.54. The number of amides is 1. The zero-order valence-electron chi connectivity index (χ0n) is 19.6. The molecule has 2 aromatic carbocycles. The van der Waals surface area contributed by atoms with Gasteiger partial charge < -0.3 is 14.8 Å². The van der Waals surface area contributed by atoms with E-state index in [1.54, 1.807) is 62.6 Å². The Morgan fingerprint density at radius 2 is 1.94 bits per heavy atom. The molecule has 0 saturated carbocycles. The summed E-state index contributed by atoms with van der Waals surface area (Å²) in [6, 6.07) is 13.8. The summed E-state index contributed by atoms with van der Waals surface area (Å²) in [5, 5.41) is 3.47. The normalized spacial score (nSPS) is 14.3. The summed E-state index contributed by atoms with van der Waals surface area (Å²) in [5.41, 5.74) is 1.90. The smallest absolute Gasteiger partial charge is 0.340 e. The molecule has 0 bridgehead atoms.